The molecule has 0 atom stereocenters. The summed E-state index contributed by atoms with van der Waals surface area (Å²) in [6.45, 7) is 0. The van der Waals surface area contributed by atoms with E-state index in [0.29, 0.717) is 9.79 Å². The second-order valence-corrected chi connectivity index (χ2v) is 3.14. The van der Waals surface area contributed by atoms with Crippen molar-refractivity contribution in [1.82, 2.24) is 20.2 Å². The summed E-state index contributed by atoms with van der Waals surface area (Å²) in [5.41, 5.74) is 0.749. The van der Waals surface area contributed by atoms with Gasteiger partial charge >= 0.3 is 0 Å². The molecule has 2 aromatic rings. The van der Waals surface area contributed by atoms with Crippen LogP contribution in [0.25, 0.3) is 5.69 Å². The molecule has 0 aliphatic carbocycles. The Kier molecular flexibility index (Phi) is 2.12. The van der Waals surface area contributed by atoms with Gasteiger partial charge in [-0.25, -0.2) is 4.68 Å². The van der Waals surface area contributed by atoms with Crippen LogP contribution in [0.5, 0.6) is 0 Å². The lowest BCUT2D eigenvalue weighted by atomic mass is 10.3. The summed E-state index contributed by atoms with van der Waals surface area (Å²) < 4.78 is 1.89. The molecule has 1 heterocycles. The fourth-order valence-electron chi connectivity index (χ4n) is 0.987. The topological polar surface area (TPSA) is 46.5 Å². The van der Waals surface area contributed by atoms with Crippen LogP contribution in [-0.2, 0) is 0 Å². The number of tetrazole rings is 1. The molecule has 13 heavy (non-hydrogen) atoms. The molecule has 0 bridgehead atoms. The normalized spacial score (nSPS) is 10.2. The number of aromatic nitrogens is 4. The number of nitrogens with one attached hydrogen (secondary N) is 1. The van der Waals surface area contributed by atoms with Gasteiger partial charge in [-0.1, -0.05) is 34.0 Å². The largest absolute Gasteiger partial charge is 0.242 e. The summed E-state index contributed by atoms with van der Waals surface area (Å²) in [6, 6.07) is 7.32. The van der Waals surface area contributed by atoms with E-state index in [0.717, 1.165) is 5.69 Å². The number of hydrogen-bond donors (Lipinski definition) is 1. The van der Waals surface area contributed by atoms with Gasteiger partial charge in [-0.3, -0.25) is 0 Å². The van der Waals surface area contributed by atoms with Gasteiger partial charge in [-0.2, -0.15) is 5.21 Å². The minimum Gasteiger partial charge on any atom is -0.208 e. The Morgan fingerprint density at radius 1 is 1.38 bits per heavy atom. The van der Waals surface area contributed by atoms with Crippen molar-refractivity contribution < 1.29 is 0 Å². The zero-order valence-electron chi connectivity index (χ0n) is 6.44. The summed E-state index contributed by atoms with van der Waals surface area (Å²) in [5.74, 6) is 0. The van der Waals surface area contributed by atoms with E-state index in [-0.39, 0.29) is 0 Å². The lowest BCUT2D eigenvalue weighted by Gasteiger charge is -2.01. The maximum atomic E-state index is 5.94. The second kappa shape index (κ2) is 3.27. The maximum Gasteiger partial charge on any atom is 0.242 e. The van der Waals surface area contributed by atoms with Crippen LogP contribution in [0.1, 0.15) is 0 Å². The van der Waals surface area contributed by atoms with E-state index in [1.54, 1.807) is 6.07 Å². The summed E-state index contributed by atoms with van der Waals surface area (Å²) >= 11 is 10.9. The van der Waals surface area contributed by atoms with Crippen LogP contribution < -0.4 is 0 Å². The van der Waals surface area contributed by atoms with Crippen LogP contribution in [0.15, 0.2) is 24.3 Å². The van der Waals surface area contributed by atoms with E-state index in [4.69, 9.17) is 23.8 Å². The Bertz CT molecular complexity index is 475. The van der Waals surface area contributed by atoms with Crippen molar-refractivity contribution in [3.05, 3.63) is 34.1 Å². The fourth-order valence-corrected chi connectivity index (χ4v) is 1.39. The van der Waals surface area contributed by atoms with Gasteiger partial charge in [0.15, 0.2) is 0 Å². The van der Waals surface area contributed by atoms with Crippen LogP contribution in [0.2, 0.25) is 5.02 Å². The molecule has 0 spiro atoms. The Balaban J connectivity index is 2.66. The van der Waals surface area contributed by atoms with Crippen molar-refractivity contribution >= 4 is 23.8 Å². The maximum absolute atomic E-state index is 5.94. The minimum absolute atomic E-state index is 0.355. The first-order valence-electron chi connectivity index (χ1n) is 3.54. The van der Waals surface area contributed by atoms with Crippen LogP contribution in [0.4, 0.5) is 0 Å². The third-order valence-electron chi connectivity index (χ3n) is 1.56. The van der Waals surface area contributed by atoms with Crippen molar-refractivity contribution in [2.45, 2.75) is 0 Å². The molecule has 0 aliphatic heterocycles. The quantitative estimate of drug-likeness (QED) is 0.736. The predicted octanol–water partition coefficient (Wildman–Crippen LogP) is 1.98. The van der Waals surface area contributed by atoms with Gasteiger partial charge in [0.05, 0.1) is 10.7 Å². The van der Waals surface area contributed by atoms with Gasteiger partial charge in [-0.15, -0.1) is 0 Å². The van der Waals surface area contributed by atoms with E-state index in [9.17, 15) is 0 Å². The van der Waals surface area contributed by atoms with Gasteiger partial charge in [0.1, 0.15) is 0 Å². The second-order valence-electron chi connectivity index (χ2n) is 2.37. The average molecular weight is 213 g/mol. The minimum atomic E-state index is 0.355. The first-order valence-corrected chi connectivity index (χ1v) is 4.32. The number of rotatable bonds is 1. The average Bonchev–Trinajstić information content (AvgIpc) is 2.52. The molecular weight excluding hydrogens is 208 g/mol. The van der Waals surface area contributed by atoms with Crippen LogP contribution in [0, 0.1) is 4.77 Å². The Labute approximate surface area is 84.1 Å². The highest BCUT2D eigenvalue weighted by Crippen LogP contribution is 2.17. The predicted molar refractivity (Wildman–Crippen MR) is 51.6 cm³/mol. The van der Waals surface area contributed by atoms with Crippen LogP contribution in [-0.4, -0.2) is 20.2 Å². The number of nitrogens with zero attached hydrogens (tertiary/aromatic N) is 3. The smallest absolute Gasteiger partial charge is 0.208 e. The molecule has 0 fully saturated rings. The van der Waals surface area contributed by atoms with Crippen molar-refractivity contribution in [2.75, 3.05) is 0 Å². The number of para-hydroxylation sites is 1. The molecule has 0 saturated heterocycles. The lowest BCUT2D eigenvalue weighted by molar-refractivity contribution is 0.786. The fraction of sp³-hybridized carbons (Fsp3) is 0. The zero-order valence-corrected chi connectivity index (χ0v) is 8.01. The number of H-pyrrole nitrogens is 1. The van der Waals surface area contributed by atoms with E-state index in [2.05, 4.69) is 15.5 Å². The van der Waals surface area contributed by atoms with Crippen molar-refractivity contribution in [1.29, 1.82) is 0 Å². The number of hydrogen-bond acceptors (Lipinski definition) is 3. The highest BCUT2D eigenvalue weighted by atomic mass is 35.5. The molecule has 6 heteroatoms. The number of benzene rings is 1. The van der Waals surface area contributed by atoms with E-state index < -0.39 is 0 Å². The van der Waals surface area contributed by atoms with Gasteiger partial charge in [0.25, 0.3) is 0 Å². The Hall–Kier alpha value is -1.20. The summed E-state index contributed by atoms with van der Waals surface area (Å²) in [5, 5.41) is 10.4. The molecule has 0 aliphatic rings. The first kappa shape index (κ1) is 8.40. The molecule has 66 valence electrons. The van der Waals surface area contributed by atoms with Crippen molar-refractivity contribution in [2.24, 2.45) is 0 Å². The van der Waals surface area contributed by atoms with Gasteiger partial charge in [0, 0.05) is 0 Å². The molecule has 2 rings (SSSR count). The van der Waals surface area contributed by atoms with E-state index >= 15 is 0 Å². The summed E-state index contributed by atoms with van der Waals surface area (Å²) in [6.07, 6.45) is 0. The summed E-state index contributed by atoms with van der Waals surface area (Å²) in [7, 11) is 0. The molecule has 0 saturated carbocycles. The Morgan fingerprint density at radius 3 is 2.77 bits per heavy atom. The first-order chi connectivity index (χ1) is 6.29. The van der Waals surface area contributed by atoms with E-state index in [1.165, 1.54) is 4.68 Å². The van der Waals surface area contributed by atoms with E-state index in [1.807, 2.05) is 18.2 Å². The lowest BCUT2D eigenvalue weighted by Crippen LogP contribution is -1.97. The summed E-state index contributed by atoms with van der Waals surface area (Å²) in [4.78, 5) is 0. The SMILES string of the molecule is S=c1nn[nH]n1-c1ccccc1Cl. The van der Waals surface area contributed by atoms with Crippen molar-refractivity contribution in [3.8, 4) is 5.69 Å². The van der Waals surface area contributed by atoms with Gasteiger partial charge in [-0.05, 0) is 24.4 Å². The molecule has 4 nitrogen and oxygen atoms in total. The highest BCUT2D eigenvalue weighted by Gasteiger charge is 2.02. The van der Waals surface area contributed by atoms with Crippen LogP contribution >= 0.6 is 23.8 Å². The van der Waals surface area contributed by atoms with Gasteiger partial charge in [0.2, 0.25) is 4.77 Å². The number of halogens is 1. The molecular formula is C7H5ClN4S. The molecule has 0 amide bonds. The Morgan fingerprint density at radius 2 is 2.15 bits per heavy atom. The zero-order chi connectivity index (χ0) is 9.26. The molecule has 0 unspecified atom stereocenters. The monoisotopic (exact) mass is 212 g/mol. The highest BCUT2D eigenvalue weighted by molar-refractivity contribution is 7.71. The third kappa shape index (κ3) is 1.48. The molecule has 1 N–H and O–H groups in total. The van der Waals surface area contributed by atoms with Crippen molar-refractivity contribution in [3.63, 3.8) is 0 Å². The third-order valence-corrected chi connectivity index (χ3v) is 2.15. The molecule has 1 aromatic heterocycles. The number of aromatic amines is 1. The standard InChI is InChI=1S/C7H5ClN4S/c8-5-3-1-2-4-6(5)12-7(13)9-10-11-12/h1-4H,(H,9,11,13). The molecule has 0 radical (unpaired) electrons. The van der Waals surface area contributed by atoms with Gasteiger partial charge < -0.3 is 0 Å². The molecule has 1 aromatic carbocycles. The van der Waals surface area contributed by atoms with Crippen LogP contribution in [0.3, 0.4) is 0 Å².